The number of hydrogen-bond acceptors (Lipinski definition) is 1. The SMILES string of the molecule is Fc1ccccc1C1Cc2ccc(Cl)cc2N1. The maximum absolute atomic E-state index is 13.7. The molecule has 1 atom stereocenters. The summed E-state index contributed by atoms with van der Waals surface area (Å²) < 4.78 is 13.7. The Bertz CT molecular complexity index is 568. The monoisotopic (exact) mass is 247 g/mol. The minimum atomic E-state index is -0.163. The third-order valence-corrected chi connectivity index (χ3v) is 3.34. The number of nitrogens with one attached hydrogen (secondary N) is 1. The van der Waals surface area contributed by atoms with Crippen molar-refractivity contribution in [2.24, 2.45) is 0 Å². The van der Waals surface area contributed by atoms with E-state index >= 15 is 0 Å². The Kier molecular flexibility index (Phi) is 2.52. The molecule has 2 aromatic rings. The summed E-state index contributed by atoms with van der Waals surface area (Å²) >= 11 is 5.93. The third-order valence-electron chi connectivity index (χ3n) is 3.11. The van der Waals surface area contributed by atoms with Crippen LogP contribution in [0.1, 0.15) is 17.2 Å². The van der Waals surface area contributed by atoms with Crippen molar-refractivity contribution in [1.82, 2.24) is 0 Å². The van der Waals surface area contributed by atoms with Crippen molar-refractivity contribution in [3.05, 3.63) is 64.4 Å². The second-order valence-electron chi connectivity index (χ2n) is 4.22. The molecule has 1 nitrogen and oxygen atoms in total. The maximum Gasteiger partial charge on any atom is 0.128 e. The van der Waals surface area contributed by atoms with E-state index in [2.05, 4.69) is 5.32 Å². The zero-order valence-corrected chi connectivity index (χ0v) is 9.84. The molecule has 0 spiro atoms. The lowest BCUT2D eigenvalue weighted by atomic mass is 10.0. The summed E-state index contributed by atoms with van der Waals surface area (Å²) in [5, 5.41) is 4.01. The lowest BCUT2D eigenvalue weighted by Crippen LogP contribution is -2.07. The highest BCUT2D eigenvalue weighted by atomic mass is 35.5. The Hall–Kier alpha value is -1.54. The number of anilines is 1. The van der Waals surface area contributed by atoms with Gasteiger partial charge in [0.15, 0.2) is 0 Å². The third kappa shape index (κ3) is 1.89. The van der Waals surface area contributed by atoms with Crippen LogP contribution in [0.25, 0.3) is 0 Å². The first-order valence-corrected chi connectivity index (χ1v) is 5.91. The maximum atomic E-state index is 13.7. The van der Waals surface area contributed by atoms with Crippen LogP contribution in [0.5, 0.6) is 0 Å². The molecule has 17 heavy (non-hydrogen) atoms. The van der Waals surface area contributed by atoms with Gasteiger partial charge in [-0.1, -0.05) is 35.9 Å². The molecule has 1 heterocycles. The van der Waals surface area contributed by atoms with Gasteiger partial charge in [0.25, 0.3) is 0 Å². The summed E-state index contributed by atoms with van der Waals surface area (Å²) in [5.41, 5.74) is 2.90. The molecule has 2 aromatic carbocycles. The fourth-order valence-corrected chi connectivity index (χ4v) is 2.44. The highest BCUT2D eigenvalue weighted by molar-refractivity contribution is 6.30. The molecular formula is C14H11ClFN. The summed E-state index contributed by atoms with van der Waals surface area (Å²) in [4.78, 5) is 0. The molecule has 0 amide bonds. The molecule has 1 unspecified atom stereocenters. The molecule has 0 aromatic heterocycles. The van der Waals surface area contributed by atoms with Gasteiger partial charge < -0.3 is 5.32 Å². The fourth-order valence-electron chi connectivity index (χ4n) is 2.27. The van der Waals surface area contributed by atoms with E-state index in [4.69, 9.17) is 11.6 Å². The number of halogens is 2. The Morgan fingerprint density at radius 1 is 1.18 bits per heavy atom. The summed E-state index contributed by atoms with van der Waals surface area (Å²) in [6, 6.07) is 12.6. The zero-order valence-electron chi connectivity index (χ0n) is 9.08. The predicted molar refractivity (Wildman–Crippen MR) is 67.9 cm³/mol. The average molecular weight is 248 g/mol. The van der Waals surface area contributed by atoms with Crippen molar-refractivity contribution in [3.63, 3.8) is 0 Å². The minimum absolute atomic E-state index is 0.00432. The van der Waals surface area contributed by atoms with Crippen molar-refractivity contribution < 1.29 is 4.39 Å². The highest BCUT2D eigenvalue weighted by Crippen LogP contribution is 2.36. The number of benzene rings is 2. The van der Waals surface area contributed by atoms with E-state index in [9.17, 15) is 4.39 Å². The molecule has 0 aliphatic carbocycles. The average Bonchev–Trinajstić information content (AvgIpc) is 2.72. The second kappa shape index (κ2) is 4.04. The fraction of sp³-hybridized carbons (Fsp3) is 0.143. The lowest BCUT2D eigenvalue weighted by molar-refractivity contribution is 0.595. The van der Waals surface area contributed by atoms with E-state index in [1.165, 1.54) is 11.6 Å². The highest BCUT2D eigenvalue weighted by Gasteiger charge is 2.23. The van der Waals surface area contributed by atoms with Crippen molar-refractivity contribution in [2.75, 3.05) is 5.32 Å². The Labute approximate surface area is 104 Å². The molecule has 3 heteroatoms. The largest absolute Gasteiger partial charge is 0.378 e. The molecule has 1 aliphatic rings. The molecule has 1 aliphatic heterocycles. The molecule has 86 valence electrons. The summed E-state index contributed by atoms with van der Waals surface area (Å²) in [5.74, 6) is -0.163. The molecule has 0 saturated carbocycles. The van der Waals surface area contributed by atoms with Crippen molar-refractivity contribution >= 4 is 17.3 Å². The standard InChI is InChI=1S/C14H11ClFN/c15-10-6-5-9-7-14(17-13(9)8-10)11-3-1-2-4-12(11)16/h1-6,8,14,17H,7H2. The first-order valence-electron chi connectivity index (χ1n) is 5.53. The molecule has 0 radical (unpaired) electrons. The van der Waals surface area contributed by atoms with Crippen LogP contribution >= 0.6 is 11.6 Å². The summed E-state index contributed by atoms with van der Waals surface area (Å²) in [6.07, 6.45) is 0.799. The van der Waals surface area contributed by atoms with Gasteiger partial charge in [0.2, 0.25) is 0 Å². The van der Waals surface area contributed by atoms with E-state index < -0.39 is 0 Å². The molecular weight excluding hydrogens is 237 g/mol. The van der Waals surface area contributed by atoms with E-state index in [1.54, 1.807) is 6.07 Å². The molecule has 0 fully saturated rings. The molecule has 0 bridgehead atoms. The van der Waals surface area contributed by atoms with Crippen molar-refractivity contribution in [1.29, 1.82) is 0 Å². The van der Waals surface area contributed by atoms with Crippen molar-refractivity contribution in [3.8, 4) is 0 Å². The Morgan fingerprint density at radius 2 is 2.00 bits per heavy atom. The predicted octanol–water partition coefficient (Wildman–Crippen LogP) is 4.19. The van der Waals surface area contributed by atoms with Crippen LogP contribution in [0.15, 0.2) is 42.5 Å². The molecule has 0 saturated heterocycles. The zero-order chi connectivity index (χ0) is 11.8. The van der Waals surface area contributed by atoms with Gasteiger partial charge in [0.1, 0.15) is 5.82 Å². The smallest absolute Gasteiger partial charge is 0.128 e. The first-order chi connectivity index (χ1) is 8.24. The van der Waals surface area contributed by atoms with Crippen LogP contribution in [0.2, 0.25) is 5.02 Å². The Morgan fingerprint density at radius 3 is 2.82 bits per heavy atom. The normalized spacial score (nSPS) is 17.6. The van der Waals surface area contributed by atoms with E-state index in [1.807, 2.05) is 30.3 Å². The van der Waals surface area contributed by atoms with E-state index in [0.717, 1.165) is 12.1 Å². The van der Waals surface area contributed by atoms with Crippen LogP contribution in [0, 0.1) is 5.82 Å². The number of rotatable bonds is 1. The van der Waals surface area contributed by atoms with Gasteiger partial charge in [-0.2, -0.15) is 0 Å². The Balaban J connectivity index is 1.94. The van der Waals surface area contributed by atoms with E-state index in [0.29, 0.717) is 10.6 Å². The number of fused-ring (bicyclic) bond motifs is 1. The lowest BCUT2D eigenvalue weighted by Gasteiger charge is -2.12. The molecule has 3 rings (SSSR count). The van der Waals surface area contributed by atoms with Gasteiger partial charge in [-0.25, -0.2) is 4.39 Å². The van der Waals surface area contributed by atoms with E-state index in [-0.39, 0.29) is 11.9 Å². The van der Waals surface area contributed by atoms with Crippen molar-refractivity contribution in [2.45, 2.75) is 12.5 Å². The van der Waals surface area contributed by atoms with Crippen LogP contribution < -0.4 is 5.32 Å². The van der Waals surface area contributed by atoms with Crippen LogP contribution in [-0.2, 0) is 6.42 Å². The first kappa shape index (κ1) is 10.6. The quantitative estimate of drug-likeness (QED) is 0.797. The minimum Gasteiger partial charge on any atom is -0.378 e. The van der Waals surface area contributed by atoms with Crippen LogP contribution in [0.4, 0.5) is 10.1 Å². The van der Waals surface area contributed by atoms with Gasteiger partial charge in [0.05, 0.1) is 6.04 Å². The van der Waals surface area contributed by atoms with Gasteiger partial charge in [0, 0.05) is 16.3 Å². The van der Waals surface area contributed by atoms with Crippen LogP contribution in [-0.4, -0.2) is 0 Å². The van der Waals surface area contributed by atoms with Gasteiger partial charge in [-0.15, -0.1) is 0 Å². The topological polar surface area (TPSA) is 12.0 Å². The summed E-state index contributed by atoms with van der Waals surface area (Å²) in [7, 11) is 0. The molecule has 1 N–H and O–H groups in total. The summed E-state index contributed by atoms with van der Waals surface area (Å²) in [6.45, 7) is 0. The number of hydrogen-bond donors (Lipinski definition) is 1. The second-order valence-corrected chi connectivity index (χ2v) is 4.66. The van der Waals surface area contributed by atoms with Gasteiger partial charge in [-0.05, 0) is 30.2 Å². The van der Waals surface area contributed by atoms with Gasteiger partial charge in [-0.3, -0.25) is 0 Å². The van der Waals surface area contributed by atoms with Gasteiger partial charge >= 0.3 is 0 Å². The van der Waals surface area contributed by atoms with Crippen LogP contribution in [0.3, 0.4) is 0 Å².